The monoisotopic (exact) mass is 160 g/mol. The quantitative estimate of drug-likeness (QED) is 0.573. The van der Waals surface area contributed by atoms with Gasteiger partial charge >= 0.3 is 0 Å². The third-order valence-corrected chi connectivity index (χ3v) is 5.85. The first-order valence-corrected chi connectivity index (χ1v) is 8.96. The molecule has 0 rings (SSSR count). The molecule has 54 valence electrons. The Morgan fingerprint density at radius 2 is 1.89 bits per heavy atom. The molecular weight excluding hydrogens is 144 g/mol. The molecule has 1 nitrogen and oxygen atoms in total. The molecule has 9 heavy (non-hydrogen) atoms. The normalized spacial score (nSPS) is 15.1. The van der Waals surface area contributed by atoms with E-state index in [1.165, 1.54) is 0 Å². The van der Waals surface area contributed by atoms with Gasteiger partial charge < -0.3 is 4.12 Å². The van der Waals surface area contributed by atoms with Crippen molar-refractivity contribution in [3.63, 3.8) is 0 Å². The number of hydrogen-bond acceptors (Lipinski definition) is 1. The zero-order valence-corrected chi connectivity index (χ0v) is 8.92. The van der Waals surface area contributed by atoms with Crippen LogP contribution >= 0.6 is 0 Å². The van der Waals surface area contributed by atoms with Crippen LogP contribution < -0.4 is 0 Å². The van der Waals surface area contributed by atoms with E-state index in [2.05, 4.69) is 32.8 Å². The Morgan fingerprint density at radius 3 is 2.00 bits per heavy atom. The SMILES string of the molecule is C=C[SiH](C)O[Si](C)(C)C. The van der Waals surface area contributed by atoms with E-state index in [0.29, 0.717) is 0 Å². The molecule has 0 saturated carbocycles. The summed E-state index contributed by atoms with van der Waals surface area (Å²) < 4.78 is 5.75. The lowest BCUT2D eigenvalue weighted by molar-refractivity contribution is 0.588. The summed E-state index contributed by atoms with van der Waals surface area (Å²) in [5, 5.41) is 0. The predicted octanol–water partition coefficient (Wildman–Crippen LogP) is 1.92. The number of hydrogen-bond donors (Lipinski definition) is 0. The molecule has 0 aliphatic rings. The van der Waals surface area contributed by atoms with Crippen molar-refractivity contribution < 1.29 is 4.12 Å². The van der Waals surface area contributed by atoms with E-state index in [9.17, 15) is 0 Å². The van der Waals surface area contributed by atoms with Gasteiger partial charge in [0.2, 0.25) is 0 Å². The lowest BCUT2D eigenvalue weighted by Gasteiger charge is -2.20. The highest BCUT2D eigenvalue weighted by Gasteiger charge is 2.16. The van der Waals surface area contributed by atoms with E-state index in [4.69, 9.17) is 4.12 Å². The van der Waals surface area contributed by atoms with Crippen molar-refractivity contribution in [2.45, 2.75) is 26.2 Å². The lowest BCUT2D eigenvalue weighted by Crippen LogP contribution is -2.31. The second-order valence-electron chi connectivity index (χ2n) is 3.17. The second kappa shape index (κ2) is 3.34. The summed E-state index contributed by atoms with van der Waals surface area (Å²) in [7, 11) is -2.23. The summed E-state index contributed by atoms with van der Waals surface area (Å²) in [5.41, 5.74) is 1.97. The smallest absolute Gasteiger partial charge is 0.184 e. The summed E-state index contributed by atoms with van der Waals surface area (Å²) in [4.78, 5) is 0. The first-order chi connectivity index (χ1) is 3.95. The molecule has 0 fully saturated rings. The van der Waals surface area contributed by atoms with Gasteiger partial charge in [-0.15, -0.1) is 6.58 Å². The van der Waals surface area contributed by atoms with Crippen molar-refractivity contribution in [1.82, 2.24) is 0 Å². The maximum Gasteiger partial charge on any atom is 0.184 e. The van der Waals surface area contributed by atoms with E-state index < -0.39 is 17.4 Å². The fourth-order valence-corrected chi connectivity index (χ4v) is 5.45. The van der Waals surface area contributed by atoms with Gasteiger partial charge in [0.1, 0.15) is 0 Å². The molecule has 0 N–H and O–H groups in total. The summed E-state index contributed by atoms with van der Waals surface area (Å²) in [6.07, 6.45) is 0. The highest BCUT2D eigenvalue weighted by molar-refractivity contribution is 6.78. The molecule has 0 amide bonds. The largest absolute Gasteiger partial charge is 0.455 e. The van der Waals surface area contributed by atoms with E-state index in [1.807, 2.05) is 5.70 Å². The van der Waals surface area contributed by atoms with Crippen LogP contribution in [0.4, 0.5) is 0 Å². The van der Waals surface area contributed by atoms with Crippen LogP contribution in [0.5, 0.6) is 0 Å². The van der Waals surface area contributed by atoms with Crippen LogP contribution in [0.2, 0.25) is 26.2 Å². The summed E-state index contributed by atoms with van der Waals surface area (Å²) in [6.45, 7) is 12.5. The van der Waals surface area contributed by atoms with E-state index in [0.717, 1.165) is 0 Å². The maximum absolute atomic E-state index is 5.75. The topological polar surface area (TPSA) is 9.23 Å². The third kappa shape index (κ3) is 6.01. The Morgan fingerprint density at radius 1 is 1.44 bits per heavy atom. The first kappa shape index (κ1) is 9.13. The highest BCUT2D eigenvalue weighted by Crippen LogP contribution is 2.04. The number of rotatable bonds is 3. The first-order valence-electron chi connectivity index (χ1n) is 3.26. The third-order valence-electron chi connectivity index (χ3n) is 0.871. The molecule has 0 spiro atoms. The zero-order chi connectivity index (χ0) is 7.49. The molecule has 0 aliphatic carbocycles. The summed E-state index contributed by atoms with van der Waals surface area (Å²) in [6, 6.07) is 0. The Kier molecular flexibility index (Phi) is 3.39. The van der Waals surface area contributed by atoms with Crippen molar-refractivity contribution in [2.75, 3.05) is 0 Å². The maximum atomic E-state index is 5.75. The zero-order valence-electron chi connectivity index (χ0n) is 6.77. The van der Waals surface area contributed by atoms with Crippen molar-refractivity contribution in [1.29, 1.82) is 0 Å². The van der Waals surface area contributed by atoms with Gasteiger partial charge in [-0.05, 0) is 26.2 Å². The molecule has 0 heterocycles. The van der Waals surface area contributed by atoms with Crippen LogP contribution in [0.25, 0.3) is 0 Å². The predicted molar refractivity (Wildman–Crippen MR) is 47.6 cm³/mol. The Labute approximate surface area is 60.6 Å². The minimum absolute atomic E-state index is 0.981. The van der Waals surface area contributed by atoms with Crippen LogP contribution in [0.3, 0.4) is 0 Å². The van der Waals surface area contributed by atoms with Gasteiger partial charge in [0, 0.05) is 0 Å². The Balaban J connectivity index is 3.59. The van der Waals surface area contributed by atoms with E-state index >= 15 is 0 Å². The van der Waals surface area contributed by atoms with Gasteiger partial charge in [-0.2, -0.15) is 0 Å². The summed E-state index contributed by atoms with van der Waals surface area (Å²) in [5.74, 6) is 0. The molecule has 1 unspecified atom stereocenters. The van der Waals surface area contributed by atoms with Crippen molar-refractivity contribution in [2.24, 2.45) is 0 Å². The fourth-order valence-electron chi connectivity index (χ4n) is 0.606. The van der Waals surface area contributed by atoms with E-state index in [-0.39, 0.29) is 0 Å². The highest BCUT2D eigenvalue weighted by atomic mass is 28.4. The molecule has 0 aromatic heterocycles. The van der Waals surface area contributed by atoms with Gasteiger partial charge in [0.15, 0.2) is 17.4 Å². The van der Waals surface area contributed by atoms with Crippen molar-refractivity contribution in [3.05, 3.63) is 12.3 Å². The minimum Gasteiger partial charge on any atom is -0.455 e. The molecular formula is C6H16OSi2. The van der Waals surface area contributed by atoms with E-state index in [1.54, 1.807) is 0 Å². The van der Waals surface area contributed by atoms with Crippen LogP contribution in [-0.4, -0.2) is 17.4 Å². The minimum atomic E-state index is -1.25. The van der Waals surface area contributed by atoms with Crippen LogP contribution in [-0.2, 0) is 4.12 Å². The van der Waals surface area contributed by atoms with Crippen molar-refractivity contribution in [3.8, 4) is 0 Å². The van der Waals surface area contributed by atoms with Gasteiger partial charge in [-0.25, -0.2) is 0 Å². The molecule has 0 aromatic carbocycles. The van der Waals surface area contributed by atoms with Gasteiger partial charge in [0.25, 0.3) is 0 Å². The van der Waals surface area contributed by atoms with Crippen LogP contribution in [0.1, 0.15) is 0 Å². The Bertz CT molecular complexity index is 95.7. The van der Waals surface area contributed by atoms with Crippen LogP contribution in [0, 0.1) is 0 Å². The second-order valence-corrected chi connectivity index (χ2v) is 10.2. The molecule has 0 saturated heterocycles. The molecule has 0 bridgehead atoms. The van der Waals surface area contributed by atoms with Gasteiger partial charge in [-0.1, -0.05) is 5.70 Å². The van der Waals surface area contributed by atoms with Gasteiger partial charge in [0.05, 0.1) is 0 Å². The van der Waals surface area contributed by atoms with Crippen molar-refractivity contribution >= 4 is 17.4 Å². The molecule has 3 heteroatoms. The lowest BCUT2D eigenvalue weighted by atomic mass is 11.3. The Hall–Kier alpha value is 0.134. The molecule has 0 aliphatic heterocycles. The molecule has 0 radical (unpaired) electrons. The van der Waals surface area contributed by atoms with Gasteiger partial charge in [-0.3, -0.25) is 0 Å². The molecule has 0 aromatic rings. The average molecular weight is 160 g/mol. The van der Waals surface area contributed by atoms with Crippen LogP contribution in [0.15, 0.2) is 12.3 Å². The standard InChI is InChI=1S/C6H16OSi2/c1-6-8(2)7-9(3,4)5/h6,8H,1H2,2-5H3. The fraction of sp³-hybridized carbons (Fsp3) is 0.667. The average Bonchev–Trinajstić information content (AvgIpc) is 1.62. The molecule has 1 atom stereocenters. The summed E-state index contributed by atoms with van der Waals surface area (Å²) >= 11 is 0.